The molecule has 4 heteroatoms. The molecule has 0 saturated carbocycles. The molecule has 18 heavy (non-hydrogen) atoms. The number of carbonyl (C=O) groups is 1. The lowest BCUT2D eigenvalue weighted by atomic mass is 9.84. The summed E-state index contributed by atoms with van der Waals surface area (Å²) in [5.41, 5.74) is 0.556. The number of rotatable bonds is 1. The topological polar surface area (TPSA) is 20.3 Å². The van der Waals surface area contributed by atoms with Crippen molar-refractivity contribution in [2.45, 2.75) is 26.7 Å². The fraction of sp³-hybridized carbons (Fsp3) is 0.500. The molecule has 0 aliphatic carbocycles. The number of nitrogens with zero attached hydrogens (tertiary/aromatic N) is 1. The fourth-order valence-electron chi connectivity index (χ4n) is 2.44. The van der Waals surface area contributed by atoms with Gasteiger partial charge in [0, 0.05) is 13.1 Å². The highest BCUT2D eigenvalue weighted by atomic mass is 79.9. The normalized spacial score (nSPS) is 18.8. The number of piperidine rings is 1. The van der Waals surface area contributed by atoms with Gasteiger partial charge in [-0.3, -0.25) is 4.79 Å². The first kappa shape index (κ1) is 13.5. The zero-order valence-electron chi connectivity index (χ0n) is 10.7. The van der Waals surface area contributed by atoms with E-state index in [9.17, 15) is 9.18 Å². The first-order valence-electron chi connectivity index (χ1n) is 6.14. The van der Waals surface area contributed by atoms with Crippen molar-refractivity contribution < 1.29 is 9.18 Å². The Balaban J connectivity index is 2.23. The molecule has 1 aromatic rings. The van der Waals surface area contributed by atoms with Gasteiger partial charge in [-0.05, 0) is 46.3 Å². The predicted octanol–water partition coefficient (Wildman–Crippen LogP) is 3.85. The van der Waals surface area contributed by atoms with Crippen molar-refractivity contribution >= 4 is 21.8 Å². The Bertz CT molecular complexity index is 473. The smallest absolute Gasteiger partial charge is 0.255 e. The second-order valence-corrected chi connectivity index (χ2v) is 6.39. The maximum atomic E-state index is 13.4. The maximum absolute atomic E-state index is 13.4. The minimum atomic E-state index is -0.392. The summed E-state index contributed by atoms with van der Waals surface area (Å²) in [4.78, 5) is 14.2. The van der Waals surface area contributed by atoms with Crippen molar-refractivity contribution in [3.8, 4) is 0 Å². The van der Waals surface area contributed by atoms with Crippen LogP contribution >= 0.6 is 15.9 Å². The molecule has 1 amide bonds. The largest absolute Gasteiger partial charge is 0.338 e. The van der Waals surface area contributed by atoms with Gasteiger partial charge in [0.1, 0.15) is 5.82 Å². The summed E-state index contributed by atoms with van der Waals surface area (Å²) in [6.45, 7) is 5.81. The summed E-state index contributed by atoms with van der Waals surface area (Å²) in [5, 5.41) is 0. The minimum Gasteiger partial charge on any atom is -0.338 e. The second-order valence-electron chi connectivity index (χ2n) is 5.60. The van der Waals surface area contributed by atoms with Crippen molar-refractivity contribution in [1.29, 1.82) is 0 Å². The van der Waals surface area contributed by atoms with Gasteiger partial charge >= 0.3 is 0 Å². The molecule has 0 radical (unpaired) electrons. The number of carbonyl (C=O) groups excluding carboxylic acids is 1. The minimum absolute atomic E-state index is 0.0887. The van der Waals surface area contributed by atoms with Crippen molar-refractivity contribution in [2.75, 3.05) is 13.1 Å². The van der Waals surface area contributed by atoms with E-state index in [-0.39, 0.29) is 15.8 Å². The summed E-state index contributed by atoms with van der Waals surface area (Å²) in [6.07, 6.45) is 2.13. The molecule has 0 aromatic heterocycles. The molecule has 1 fully saturated rings. The Morgan fingerprint density at radius 1 is 1.44 bits per heavy atom. The van der Waals surface area contributed by atoms with Crippen LogP contribution in [0.3, 0.4) is 0 Å². The van der Waals surface area contributed by atoms with E-state index < -0.39 is 5.82 Å². The van der Waals surface area contributed by atoms with Crippen molar-refractivity contribution in [3.63, 3.8) is 0 Å². The van der Waals surface area contributed by atoms with Gasteiger partial charge in [-0.25, -0.2) is 4.39 Å². The summed E-state index contributed by atoms with van der Waals surface area (Å²) in [7, 11) is 0. The molecule has 0 unspecified atom stereocenters. The Morgan fingerprint density at radius 2 is 2.17 bits per heavy atom. The van der Waals surface area contributed by atoms with Crippen molar-refractivity contribution in [1.82, 2.24) is 4.90 Å². The first-order chi connectivity index (χ1) is 8.41. The molecule has 1 aliphatic rings. The Hall–Kier alpha value is -0.900. The van der Waals surface area contributed by atoms with Crippen LogP contribution in [0.1, 0.15) is 37.0 Å². The van der Waals surface area contributed by atoms with E-state index in [0.29, 0.717) is 5.56 Å². The average Bonchev–Trinajstić information content (AvgIpc) is 2.30. The Morgan fingerprint density at radius 3 is 2.83 bits per heavy atom. The highest BCUT2D eigenvalue weighted by molar-refractivity contribution is 9.10. The molecule has 1 aliphatic heterocycles. The van der Waals surface area contributed by atoms with Crippen LogP contribution in [-0.4, -0.2) is 23.9 Å². The number of amides is 1. The van der Waals surface area contributed by atoms with Crippen LogP contribution in [-0.2, 0) is 0 Å². The lowest BCUT2D eigenvalue weighted by Gasteiger charge is -2.38. The molecule has 2 rings (SSSR count). The number of hydrogen-bond acceptors (Lipinski definition) is 1. The van der Waals surface area contributed by atoms with E-state index in [0.717, 1.165) is 25.9 Å². The SMILES string of the molecule is CC1(C)CCCN(C(=O)c2cccc(F)c2Br)C1. The molecular formula is C14H17BrFNO. The molecule has 0 atom stereocenters. The lowest BCUT2D eigenvalue weighted by Crippen LogP contribution is -2.43. The van der Waals surface area contributed by atoms with Gasteiger partial charge in [-0.15, -0.1) is 0 Å². The standard InChI is InChI=1S/C14H17BrFNO/c1-14(2)7-4-8-17(9-14)13(18)10-5-3-6-11(16)12(10)15/h3,5-6H,4,7-9H2,1-2H3. The zero-order chi connectivity index (χ0) is 13.3. The highest BCUT2D eigenvalue weighted by Crippen LogP contribution is 2.30. The van der Waals surface area contributed by atoms with Gasteiger partial charge < -0.3 is 4.90 Å². The van der Waals surface area contributed by atoms with Crippen LogP contribution < -0.4 is 0 Å². The van der Waals surface area contributed by atoms with Crippen LogP contribution in [0, 0.1) is 11.2 Å². The monoisotopic (exact) mass is 313 g/mol. The number of halogens is 2. The second kappa shape index (κ2) is 5.00. The van der Waals surface area contributed by atoms with E-state index in [2.05, 4.69) is 29.8 Å². The van der Waals surface area contributed by atoms with Crippen LogP contribution in [0.15, 0.2) is 22.7 Å². The molecule has 1 heterocycles. The third-order valence-electron chi connectivity index (χ3n) is 3.37. The van der Waals surface area contributed by atoms with Crippen molar-refractivity contribution in [3.05, 3.63) is 34.1 Å². The Labute approximate surface area is 115 Å². The van der Waals surface area contributed by atoms with Crippen LogP contribution in [0.4, 0.5) is 4.39 Å². The number of hydrogen-bond donors (Lipinski definition) is 0. The van der Waals surface area contributed by atoms with Gasteiger partial charge in [-0.2, -0.15) is 0 Å². The third-order valence-corrected chi connectivity index (χ3v) is 4.18. The third kappa shape index (κ3) is 2.74. The van der Waals surface area contributed by atoms with Crippen molar-refractivity contribution in [2.24, 2.45) is 5.41 Å². The molecule has 1 aromatic carbocycles. The fourth-order valence-corrected chi connectivity index (χ4v) is 2.87. The summed E-state index contributed by atoms with van der Waals surface area (Å²) in [5.74, 6) is -0.480. The highest BCUT2D eigenvalue weighted by Gasteiger charge is 2.30. The van der Waals surface area contributed by atoms with Crippen LogP contribution in [0.5, 0.6) is 0 Å². The molecule has 0 N–H and O–H groups in total. The van der Waals surface area contributed by atoms with Crippen LogP contribution in [0.2, 0.25) is 0 Å². The summed E-state index contributed by atoms with van der Waals surface area (Å²) in [6, 6.07) is 4.58. The van der Waals surface area contributed by atoms with E-state index in [1.807, 2.05) is 4.90 Å². The molecule has 2 nitrogen and oxygen atoms in total. The van der Waals surface area contributed by atoms with Gasteiger partial charge in [-0.1, -0.05) is 19.9 Å². The van der Waals surface area contributed by atoms with Gasteiger partial charge in [0.2, 0.25) is 0 Å². The van der Waals surface area contributed by atoms with E-state index in [1.54, 1.807) is 12.1 Å². The molecular weight excluding hydrogens is 297 g/mol. The maximum Gasteiger partial charge on any atom is 0.255 e. The Kier molecular flexibility index (Phi) is 3.76. The quantitative estimate of drug-likeness (QED) is 0.771. The summed E-state index contributed by atoms with van der Waals surface area (Å²) >= 11 is 3.15. The zero-order valence-corrected chi connectivity index (χ0v) is 12.3. The van der Waals surface area contributed by atoms with Gasteiger partial charge in [0.25, 0.3) is 5.91 Å². The predicted molar refractivity (Wildman–Crippen MR) is 73.0 cm³/mol. The number of likely N-dealkylation sites (tertiary alicyclic amines) is 1. The van der Waals surface area contributed by atoms with Crippen LogP contribution in [0.25, 0.3) is 0 Å². The molecule has 98 valence electrons. The summed E-state index contributed by atoms with van der Waals surface area (Å²) < 4.78 is 13.7. The first-order valence-corrected chi connectivity index (χ1v) is 6.93. The van der Waals surface area contributed by atoms with E-state index >= 15 is 0 Å². The average molecular weight is 314 g/mol. The molecule has 0 spiro atoms. The molecule has 1 saturated heterocycles. The van der Waals surface area contributed by atoms with Gasteiger partial charge in [0.05, 0.1) is 10.0 Å². The van der Waals surface area contributed by atoms with Gasteiger partial charge in [0.15, 0.2) is 0 Å². The lowest BCUT2D eigenvalue weighted by molar-refractivity contribution is 0.0582. The van der Waals surface area contributed by atoms with E-state index in [4.69, 9.17) is 0 Å². The van der Waals surface area contributed by atoms with E-state index in [1.165, 1.54) is 6.07 Å². The molecule has 0 bridgehead atoms. The number of benzene rings is 1.